The van der Waals surface area contributed by atoms with E-state index in [1.165, 1.54) is 5.56 Å². The maximum atomic E-state index is 12.9. The van der Waals surface area contributed by atoms with Gasteiger partial charge in [-0.1, -0.05) is 58.4 Å². The lowest BCUT2D eigenvalue weighted by atomic mass is 10.1. The largest absolute Gasteiger partial charge is 0.355 e. The number of hydrogen-bond acceptors (Lipinski definition) is 3. The van der Waals surface area contributed by atoms with Crippen molar-refractivity contribution in [1.29, 1.82) is 0 Å². The Bertz CT molecular complexity index is 738. The quantitative estimate of drug-likeness (QED) is 0.623. The standard InChI is InChI=1S/C21H25BrN2O2S/c1-3-23-21(26)16(2)24(13-17-9-11-19(22)12-10-17)20(25)15-27-14-18-7-5-4-6-8-18/h4-12,16H,3,13-15H2,1-2H3,(H,23,26). The van der Waals surface area contributed by atoms with Crippen molar-refractivity contribution in [3.8, 4) is 0 Å². The van der Waals surface area contributed by atoms with E-state index in [9.17, 15) is 9.59 Å². The van der Waals surface area contributed by atoms with Gasteiger partial charge in [0.15, 0.2) is 0 Å². The van der Waals surface area contributed by atoms with Crippen molar-refractivity contribution in [2.24, 2.45) is 0 Å². The number of benzene rings is 2. The molecule has 2 rings (SSSR count). The number of thioether (sulfide) groups is 1. The number of rotatable bonds is 9. The number of nitrogens with one attached hydrogen (secondary N) is 1. The van der Waals surface area contributed by atoms with Gasteiger partial charge in [-0.05, 0) is 37.1 Å². The number of carbonyl (C=O) groups excluding carboxylic acids is 2. The van der Waals surface area contributed by atoms with Crippen molar-refractivity contribution in [3.05, 3.63) is 70.2 Å². The normalized spacial score (nSPS) is 11.7. The highest BCUT2D eigenvalue weighted by atomic mass is 79.9. The molecule has 4 nitrogen and oxygen atoms in total. The molecule has 0 fully saturated rings. The summed E-state index contributed by atoms with van der Waals surface area (Å²) in [6.07, 6.45) is 0. The molecule has 0 bridgehead atoms. The first-order chi connectivity index (χ1) is 13.0. The van der Waals surface area contributed by atoms with Gasteiger partial charge in [-0.2, -0.15) is 0 Å². The van der Waals surface area contributed by atoms with E-state index in [-0.39, 0.29) is 11.8 Å². The molecule has 27 heavy (non-hydrogen) atoms. The van der Waals surface area contributed by atoms with Crippen molar-refractivity contribution in [2.45, 2.75) is 32.2 Å². The van der Waals surface area contributed by atoms with Crippen molar-refractivity contribution in [2.75, 3.05) is 12.3 Å². The fraction of sp³-hybridized carbons (Fsp3) is 0.333. The van der Waals surface area contributed by atoms with Gasteiger partial charge in [-0.15, -0.1) is 11.8 Å². The number of carbonyl (C=O) groups is 2. The van der Waals surface area contributed by atoms with Gasteiger partial charge in [0.1, 0.15) is 6.04 Å². The average Bonchev–Trinajstić information content (AvgIpc) is 2.68. The molecule has 1 atom stereocenters. The minimum atomic E-state index is -0.515. The number of hydrogen-bond donors (Lipinski definition) is 1. The Morgan fingerprint density at radius 1 is 1.07 bits per heavy atom. The summed E-state index contributed by atoms with van der Waals surface area (Å²) in [5.41, 5.74) is 2.18. The average molecular weight is 449 g/mol. The van der Waals surface area contributed by atoms with Gasteiger partial charge in [0.05, 0.1) is 5.75 Å². The molecule has 1 N–H and O–H groups in total. The lowest BCUT2D eigenvalue weighted by molar-refractivity contribution is -0.138. The minimum absolute atomic E-state index is 0.0300. The van der Waals surface area contributed by atoms with Crippen molar-refractivity contribution >= 4 is 39.5 Å². The number of halogens is 1. The molecule has 0 heterocycles. The van der Waals surface area contributed by atoms with E-state index in [4.69, 9.17) is 0 Å². The van der Waals surface area contributed by atoms with Crippen LogP contribution in [0.3, 0.4) is 0 Å². The first-order valence-electron chi connectivity index (χ1n) is 8.94. The summed E-state index contributed by atoms with van der Waals surface area (Å²) in [7, 11) is 0. The predicted octanol–water partition coefficient (Wildman–Crippen LogP) is 4.24. The van der Waals surface area contributed by atoms with E-state index in [0.29, 0.717) is 18.8 Å². The zero-order valence-electron chi connectivity index (χ0n) is 15.7. The number of amides is 2. The van der Waals surface area contributed by atoms with Crippen LogP contribution in [0.2, 0.25) is 0 Å². The Kier molecular flexibility index (Phi) is 8.88. The molecule has 144 valence electrons. The lowest BCUT2D eigenvalue weighted by Crippen LogP contribution is -2.48. The Labute approximate surface area is 173 Å². The highest BCUT2D eigenvalue weighted by molar-refractivity contribution is 9.10. The van der Waals surface area contributed by atoms with Crippen LogP contribution in [0.15, 0.2) is 59.1 Å². The molecule has 2 aromatic carbocycles. The highest BCUT2D eigenvalue weighted by Gasteiger charge is 2.25. The van der Waals surface area contributed by atoms with Crippen molar-refractivity contribution in [3.63, 3.8) is 0 Å². The summed E-state index contributed by atoms with van der Waals surface area (Å²) in [5.74, 6) is 0.956. The van der Waals surface area contributed by atoms with Gasteiger partial charge in [0, 0.05) is 23.3 Å². The molecule has 2 aromatic rings. The molecule has 0 aliphatic heterocycles. The third-order valence-corrected chi connectivity index (χ3v) is 5.64. The SMILES string of the molecule is CCNC(=O)C(C)N(Cc1ccc(Br)cc1)C(=O)CSCc1ccccc1. The van der Waals surface area contributed by atoms with Gasteiger partial charge >= 0.3 is 0 Å². The van der Waals surface area contributed by atoms with Gasteiger partial charge in [-0.3, -0.25) is 9.59 Å². The first-order valence-corrected chi connectivity index (χ1v) is 10.9. The van der Waals surface area contributed by atoms with Crippen LogP contribution in [0, 0.1) is 0 Å². The summed E-state index contributed by atoms with van der Waals surface area (Å²) >= 11 is 4.99. The molecule has 0 spiro atoms. The molecule has 0 saturated heterocycles. The third-order valence-electron chi connectivity index (χ3n) is 4.12. The summed E-state index contributed by atoms with van der Waals surface area (Å²) < 4.78 is 0.985. The molecule has 0 radical (unpaired) electrons. The van der Waals surface area contributed by atoms with Gasteiger partial charge in [-0.25, -0.2) is 0 Å². The molecule has 1 unspecified atom stereocenters. The Balaban J connectivity index is 2.03. The first kappa shape index (κ1) is 21.5. The fourth-order valence-corrected chi connectivity index (χ4v) is 3.74. The molecule has 2 amide bonds. The Morgan fingerprint density at radius 3 is 2.37 bits per heavy atom. The van der Waals surface area contributed by atoms with E-state index >= 15 is 0 Å². The zero-order chi connectivity index (χ0) is 19.6. The van der Waals surface area contributed by atoms with Crippen molar-refractivity contribution in [1.82, 2.24) is 10.2 Å². The van der Waals surface area contributed by atoms with Crippen LogP contribution in [-0.2, 0) is 21.9 Å². The van der Waals surface area contributed by atoms with Crippen molar-refractivity contribution < 1.29 is 9.59 Å². The van der Waals surface area contributed by atoms with E-state index in [2.05, 4.69) is 21.2 Å². The Hall–Kier alpha value is -1.79. The number of nitrogens with zero attached hydrogens (tertiary/aromatic N) is 1. The summed E-state index contributed by atoms with van der Waals surface area (Å²) in [4.78, 5) is 26.8. The maximum absolute atomic E-state index is 12.9. The van der Waals surface area contributed by atoms with Crippen LogP contribution in [0.4, 0.5) is 0 Å². The summed E-state index contributed by atoms with van der Waals surface area (Å²) in [6, 6.07) is 17.4. The summed E-state index contributed by atoms with van der Waals surface area (Å²) in [5, 5.41) is 2.81. The van der Waals surface area contributed by atoms with Gasteiger partial charge in [0.25, 0.3) is 0 Å². The van der Waals surface area contributed by atoms with E-state index in [1.807, 2.05) is 61.5 Å². The smallest absolute Gasteiger partial charge is 0.242 e. The van der Waals surface area contributed by atoms with Crippen LogP contribution in [0.5, 0.6) is 0 Å². The molecule has 0 saturated carbocycles. The van der Waals surface area contributed by atoms with Crippen LogP contribution in [0.1, 0.15) is 25.0 Å². The van der Waals surface area contributed by atoms with E-state index in [1.54, 1.807) is 23.6 Å². The second kappa shape index (κ2) is 11.1. The molecule has 0 aromatic heterocycles. The third kappa shape index (κ3) is 7.03. The highest BCUT2D eigenvalue weighted by Crippen LogP contribution is 2.17. The van der Waals surface area contributed by atoms with E-state index in [0.717, 1.165) is 15.8 Å². The van der Waals surface area contributed by atoms with Crippen LogP contribution in [0.25, 0.3) is 0 Å². The van der Waals surface area contributed by atoms with Gasteiger partial charge in [0.2, 0.25) is 11.8 Å². The Morgan fingerprint density at radius 2 is 1.74 bits per heavy atom. The van der Waals surface area contributed by atoms with Crippen LogP contribution in [-0.4, -0.2) is 35.1 Å². The topological polar surface area (TPSA) is 49.4 Å². The second-order valence-corrected chi connectivity index (χ2v) is 8.10. The summed E-state index contributed by atoms with van der Waals surface area (Å²) in [6.45, 7) is 4.62. The van der Waals surface area contributed by atoms with Crippen LogP contribution >= 0.6 is 27.7 Å². The lowest BCUT2D eigenvalue weighted by Gasteiger charge is -2.28. The monoisotopic (exact) mass is 448 g/mol. The maximum Gasteiger partial charge on any atom is 0.242 e. The zero-order valence-corrected chi connectivity index (χ0v) is 18.1. The minimum Gasteiger partial charge on any atom is -0.355 e. The van der Waals surface area contributed by atoms with Gasteiger partial charge < -0.3 is 10.2 Å². The van der Waals surface area contributed by atoms with E-state index < -0.39 is 6.04 Å². The molecular weight excluding hydrogens is 424 g/mol. The molecule has 0 aliphatic rings. The second-order valence-electron chi connectivity index (χ2n) is 6.20. The molecular formula is C21H25BrN2O2S. The van der Waals surface area contributed by atoms with Crippen LogP contribution < -0.4 is 5.32 Å². The molecule has 6 heteroatoms. The number of likely N-dealkylation sites (N-methyl/N-ethyl adjacent to an activating group) is 1. The molecule has 0 aliphatic carbocycles. The predicted molar refractivity (Wildman–Crippen MR) is 115 cm³/mol. The fourth-order valence-electron chi connectivity index (χ4n) is 2.60.